The van der Waals surface area contributed by atoms with Gasteiger partial charge in [-0.25, -0.2) is 4.39 Å². The van der Waals surface area contributed by atoms with Crippen molar-refractivity contribution in [2.24, 2.45) is 0 Å². The number of hydrogen-bond acceptors (Lipinski definition) is 4. The molecule has 0 unspecified atom stereocenters. The number of carbonyl (C=O) groups excluding carboxylic acids is 1. The average molecular weight is 518 g/mol. The van der Waals surface area contributed by atoms with Crippen LogP contribution in [0.15, 0.2) is 46.9 Å². The normalized spacial score (nSPS) is 18.7. The second-order valence-corrected chi connectivity index (χ2v) is 10.2. The Morgan fingerprint density at radius 2 is 1.88 bits per heavy atom. The van der Waals surface area contributed by atoms with Crippen molar-refractivity contribution in [3.63, 3.8) is 0 Å². The van der Waals surface area contributed by atoms with Gasteiger partial charge < -0.3 is 14.5 Å². The first-order valence-corrected chi connectivity index (χ1v) is 12.5. The molecule has 2 saturated heterocycles. The first kappa shape index (κ1) is 24.3. The van der Waals surface area contributed by atoms with E-state index in [1.165, 1.54) is 12.1 Å². The van der Waals surface area contributed by atoms with Crippen molar-refractivity contribution in [1.29, 1.82) is 0 Å². The van der Waals surface area contributed by atoms with Gasteiger partial charge in [0.1, 0.15) is 5.82 Å². The summed E-state index contributed by atoms with van der Waals surface area (Å²) in [6.07, 6.45) is 0.927. The van der Waals surface area contributed by atoms with E-state index < -0.39 is 0 Å². The average Bonchev–Trinajstić information content (AvgIpc) is 2.77. The summed E-state index contributed by atoms with van der Waals surface area (Å²) in [5.41, 5.74) is 2.80. The van der Waals surface area contributed by atoms with Gasteiger partial charge in [0.05, 0.1) is 13.2 Å². The van der Waals surface area contributed by atoms with Crippen LogP contribution in [0.25, 0.3) is 0 Å². The number of ether oxygens (including phenoxy) is 1. The lowest BCUT2D eigenvalue weighted by atomic mass is 9.93. The summed E-state index contributed by atoms with van der Waals surface area (Å²) in [4.78, 5) is 19.9. The monoisotopic (exact) mass is 517 g/mol. The summed E-state index contributed by atoms with van der Waals surface area (Å²) >= 11 is 3.49. The number of nitrogens with zero attached hydrogens (tertiary/aromatic N) is 3. The van der Waals surface area contributed by atoms with Crippen LogP contribution >= 0.6 is 15.9 Å². The number of likely N-dealkylation sites (N-methyl/N-ethyl adjacent to an activating group) is 1. The summed E-state index contributed by atoms with van der Waals surface area (Å²) in [6.45, 7) is 9.45. The third kappa shape index (κ3) is 6.41. The van der Waals surface area contributed by atoms with Gasteiger partial charge in [-0.15, -0.1) is 0 Å². The van der Waals surface area contributed by atoms with Crippen LogP contribution in [0.3, 0.4) is 0 Å². The van der Waals surface area contributed by atoms with E-state index in [2.05, 4.69) is 25.7 Å². The molecule has 2 aliphatic heterocycles. The van der Waals surface area contributed by atoms with E-state index in [1.54, 1.807) is 4.90 Å². The van der Waals surface area contributed by atoms with Crippen LogP contribution in [-0.4, -0.2) is 86.2 Å². The third-order valence-electron chi connectivity index (χ3n) is 6.77. The van der Waals surface area contributed by atoms with E-state index in [1.807, 2.05) is 44.3 Å². The van der Waals surface area contributed by atoms with Crippen molar-refractivity contribution in [3.05, 3.63) is 69.4 Å². The fraction of sp³-hybridized carbons (Fsp3) is 0.500. The van der Waals surface area contributed by atoms with Gasteiger partial charge in [-0.1, -0.05) is 28.1 Å². The van der Waals surface area contributed by atoms with E-state index in [0.717, 1.165) is 68.0 Å². The van der Waals surface area contributed by atoms with Crippen molar-refractivity contribution in [3.8, 4) is 0 Å². The molecular formula is C26H33BrFN3O2. The van der Waals surface area contributed by atoms with Gasteiger partial charge in [0.25, 0.3) is 5.91 Å². The second-order valence-electron chi connectivity index (χ2n) is 9.30. The number of likely N-dealkylation sites (tertiary alicyclic amines) is 1. The molecule has 1 amide bonds. The van der Waals surface area contributed by atoms with Gasteiger partial charge in [-0.05, 0) is 61.3 Å². The molecule has 0 aromatic heterocycles. The minimum absolute atomic E-state index is 0.00263. The molecule has 2 aliphatic rings. The SMILES string of the molecule is Cc1cc(Br)cc(C(=O)N(C)C[C@@H](CCN2CC(N3CCOCC3)C2)c2ccc(F)cc2)c1. The fourth-order valence-corrected chi connectivity index (χ4v) is 5.44. The van der Waals surface area contributed by atoms with E-state index in [9.17, 15) is 9.18 Å². The molecule has 7 heteroatoms. The number of rotatable bonds is 8. The topological polar surface area (TPSA) is 36.0 Å². The standard InChI is InChI=1S/C26H33BrFN3O2/c1-19-13-22(15-23(27)14-19)26(32)29(2)16-21(20-3-5-24(28)6-4-20)7-8-30-17-25(18-30)31-9-11-33-12-10-31/h3-6,13-15,21,25H,7-12,16-18H2,1-2H3/t21-/m1/s1. The van der Waals surface area contributed by atoms with Crippen molar-refractivity contribution in [1.82, 2.24) is 14.7 Å². The zero-order valence-electron chi connectivity index (χ0n) is 19.5. The molecule has 0 spiro atoms. The smallest absolute Gasteiger partial charge is 0.253 e. The lowest BCUT2D eigenvalue weighted by Crippen LogP contribution is -2.61. The number of halogens is 2. The molecule has 0 radical (unpaired) electrons. The van der Waals surface area contributed by atoms with Gasteiger partial charge in [0.15, 0.2) is 0 Å². The van der Waals surface area contributed by atoms with Crippen LogP contribution in [0.2, 0.25) is 0 Å². The Balaban J connectivity index is 1.37. The number of amides is 1. The Hall–Kier alpha value is -1.80. The van der Waals surface area contributed by atoms with Crippen LogP contribution in [0.1, 0.15) is 33.8 Å². The minimum atomic E-state index is -0.234. The first-order chi connectivity index (χ1) is 15.9. The summed E-state index contributed by atoms with van der Waals surface area (Å²) in [5, 5.41) is 0. The Morgan fingerprint density at radius 3 is 2.55 bits per heavy atom. The van der Waals surface area contributed by atoms with Crippen molar-refractivity contribution in [2.75, 3.05) is 59.5 Å². The molecule has 2 fully saturated rings. The first-order valence-electron chi connectivity index (χ1n) is 11.7. The molecule has 2 aromatic carbocycles. The van der Waals surface area contributed by atoms with Gasteiger partial charge in [0, 0.05) is 61.8 Å². The Labute approximate surface area is 204 Å². The molecule has 5 nitrogen and oxygen atoms in total. The van der Waals surface area contributed by atoms with Crippen LogP contribution < -0.4 is 0 Å². The van der Waals surface area contributed by atoms with Gasteiger partial charge >= 0.3 is 0 Å². The largest absolute Gasteiger partial charge is 0.379 e. The number of benzene rings is 2. The van der Waals surface area contributed by atoms with Crippen LogP contribution in [0.4, 0.5) is 4.39 Å². The molecular weight excluding hydrogens is 485 g/mol. The predicted molar refractivity (Wildman–Crippen MR) is 132 cm³/mol. The molecule has 33 heavy (non-hydrogen) atoms. The van der Waals surface area contributed by atoms with Crippen molar-refractivity contribution in [2.45, 2.75) is 25.3 Å². The lowest BCUT2D eigenvalue weighted by Gasteiger charge is -2.47. The molecule has 2 aromatic rings. The number of morpholine rings is 1. The highest BCUT2D eigenvalue weighted by molar-refractivity contribution is 9.10. The number of aryl methyl sites for hydroxylation is 1. The van der Waals surface area contributed by atoms with Gasteiger partial charge in [0.2, 0.25) is 0 Å². The molecule has 2 heterocycles. The van der Waals surface area contributed by atoms with E-state index in [-0.39, 0.29) is 17.6 Å². The molecule has 0 saturated carbocycles. The maximum atomic E-state index is 13.5. The van der Waals surface area contributed by atoms with Crippen molar-refractivity contribution >= 4 is 21.8 Å². The predicted octanol–water partition coefficient (Wildman–Crippen LogP) is 4.16. The molecule has 0 bridgehead atoms. The second kappa shape index (κ2) is 11.1. The highest BCUT2D eigenvalue weighted by Crippen LogP contribution is 2.25. The molecule has 178 valence electrons. The van der Waals surface area contributed by atoms with Gasteiger partial charge in [-0.3, -0.25) is 9.69 Å². The maximum Gasteiger partial charge on any atom is 0.253 e. The third-order valence-corrected chi connectivity index (χ3v) is 7.22. The molecule has 0 aliphatic carbocycles. The summed E-state index contributed by atoms with van der Waals surface area (Å²) < 4.78 is 19.9. The quantitative estimate of drug-likeness (QED) is 0.526. The highest BCUT2D eigenvalue weighted by Gasteiger charge is 2.32. The van der Waals surface area contributed by atoms with Crippen LogP contribution in [0.5, 0.6) is 0 Å². The summed E-state index contributed by atoms with van der Waals surface area (Å²) in [7, 11) is 1.85. The highest BCUT2D eigenvalue weighted by atomic mass is 79.9. The summed E-state index contributed by atoms with van der Waals surface area (Å²) in [5.74, 6) is -0.0827. The minimum Gasteiger partial charge on any atom is -0.379 e. The van der Waals surface area contributed by atoms with E-state index in [4.69, 9.17) is 4.74 Å². The molecule has 4 rings (SSSR count). The zero-order chi connectivity index (χ0) is 23.4. The number of hydrogen-bond donors (Lipinski definition) is 0. The van der Waals surface area contributed by atoms with Crippen LogP contribution in [-0.2, 0) is 4.74 Å². The van der Waals surface area contributed by atoms with E-state index >= 15 is 0 Å². The number of carbonyl (C=O) groups is 1. The van der Waals surface area contributed by atoms with Gasteiger partial charge in [-0.2, -0.15) is 0 Å². The zero-order valence-corrected chi connectivity index (χ0v) is 21.1. The molecule has 0 N–H and O–H groups in total. The Kier molecular flexibility index (Phi) is 8.17. The lowest BCUT2D eigenvalue weighted by molar-refractivity contribution is -0.0326. The van der Waals surface area contributed by atoms with E-state index in [0.29, 0.717) is 18.2 Å². The fourth-order valence-electron chi connectivity index (χ4n) is 4.83. The Morgan fingerprint density at radius 1 is 1.18 bits per heavy atom. The Bertz CT molecular complexity index is 923. The van der Waals surface area contributed by atoms with Crippen LogP contribution in [0, 0.1) is 12.7 Å². The maximum absolute atomic E-state index is 13.5. The summed E-state index contributed by atoms with van der Waals surface area (Å²) in [6, 6.07) is 13.1. The van der Waals surface area contributed by atoms with Crippen molar-refractivity contribution < 1.29 is 13.9 Å². The molecule has 1 atom stereocenters.